The van der Waals surface area contributed by atoms with Gasteiger partial charge in [-0.2, -0.15) is 0 Å². The molecule has 1 unspecified atom stereocenters. The maximum Gasteiger partial charge on any atom is 0.123 e. The Morgan fingerprint density at radius 2 is 1.90 bits per heavy atom. The van der Waals surface area contributed by atoms with Gasteiger partial charge in [-0.1, -0.05) is 24.3 Å². The van der Waals surface area contributed by atoms with E-state index in [1.807, 2.05) is 28.8 Å². The van der Waals surface area contributed by atoms with Crippen LogP contribution in [0.1, 0.15) is 11.6 Å². The van der Waals surface area contributed by atoms with Crippen molar-refractivity contribution in [2.45, 2.75) is 12.6 Å². The van der Waals surface area contributed by atoms with Gasteiger partial charge in [-0.15, -0.1) is 0 Å². The smallest absolute Gasteiger partial charge is 0.123 e. The number of nitrogens with zero attached hydrogens (tertiary/aromatic N) is 2. The Balaban J connectivity index is 1.89. The summed E-state index contributed by atoms with van der Waals surface area (Å²) in [6.07, 6.45) is 1.79. The van der Waals surface area contributed by atoms with Crippen LogP contribution in [-0.4, -0.2) is 9.55 Å². The molecule has 1 aromatic heterocycles. The van der Waals surface area contributed by atoms with Crippen LogP contribution in [0.5, 0.6) is 0 Å². The standard InChI is InChI=1S/C15H15FN4/c16-12-7-5-11(6-8-12)14(19-17)9-20-10-18-13-3-1-2-4-15(13)20/h1-8,10,14,19H,9,17H2. The van der Waals surface area contributed by atoms with Gasteiger partial charge in [0.2, 0.25) is 0 Å². The van der Waals surface area contributed by atoms with Crippen molar-refractivity contribution in [1.29, 1.82) is 0 Å². The van der Waals surface area contributed by atoms with Crippen molar-refractivity contribution in [3.63, 3.8) is 0 Å². The molecule has 0 aliphatic heterocycles. The van der Waals surface area contributed by atoms with Crippen molar-refractivity contribution < 1.29 is 4.39 Å². The fourth-order valence-electron chi connectivity index (χ4n) is 2.30. The molecule has 0 spiro atoms. The Labute approximate surface area is 116 Å². The molecule has 0 amide bonds. The van der Waals surface area contributed by atoms with Crippen molar-refractivity contribution in [1.82, 2.24) is 15.0 Å². The molecule has 4 nitrogen and oxygen atoms in total. The van der Waals surface area contributed by atoms with Crippen LogP contribution in [0.3, 0.4) is 0 Å². The van der Waals surface area contributed by atoms with Crippen molar-refractivity contribution >= 4 is 11.0 Å². The third-order valence-corrected chi connectivity index (χ3v) is 3.38. The summed E-state index contributed by atoms with van der Waals surface area (Å²) in [7, 11) is 0. The highest BCUT2D eigenvalue weighted by atomic mass is 19.1. The van der Waals surface area contributed by atoms with E-state index in [2.05, 4.69) is 10.4 Å². The second-order valence-corrected chi connectivity index (χ2v) is 4.66. The van der Waals surface area contributed by atoms with Gasteiger partial charge in [-0.3, -0.25) is 11.3 Å². The number of hydrazine groups is 1. The average Bonchev–Trinajstić information content (AvgIpc) is 2.89. The lowest BCUT2D eigenvalue weighted by Crippen LogP contribution is -2.31. The highest BCUT2D eigenvalue weighted by molar-refractivity contribution is 5.74. The summed E-state index contributed by atoms with van der Waals surface area (Å²) >= 11 is 0. The molecule has 2 aromatic carbocycles. The van der Waals surface area contributed by atoms with Crippen LogP contribution in [0.25, 0.3) is 11.0 Å². The summed E-state index contributed by atoms with van der Waals surface area (Å²) < 4.78 is 15.0. The predicted octanol–water partition coefficient (Wildman–Crippen LogP) is 2.38. The summed E-state index contributed by atoms with van der Waals surface area (Å²) in [6, 6.07) is 14.2. The summed E-state index contributed by atoms with van der Waals surface area (Å²) in [5.41, 5.74) is 5.70. The first-order valence-electron chi connectivity index (χ1n) is 6.39. The van der Waals surface area contributed by atoms with Gasteiger partial charge in [0.25, 0.3) is 0 Å². The van der Waals surface area contributed by atoms with Crippen LogP contribution in [0.15, 0.2) is 54.9 Å². The molecule has 0 aliphatic rings. The Morgan fingerprint density at radius 3 is 2.65 bits per heavy atom. The van der Waals surface area contributed by atoms with Gasteiger partial charge in [0.15, 0.2) is 0 Å². The lowest BCUT2D eigenvalue weighted by Gasteiger charge is -2.17. The first kappa shape index (κ1) is 12.8. The predicted molar refractivity (Wildman–Crippen MR) is 76.2 cm³/mol. The van der Waals surface area contributed by atoms with Crippen LogP contribution >= 0.6 is 0 Å². The molecule has 102 valence electrons. The number of halogens is 1. The van der Waals surface area contributed by atoms with Crippen LogP contribution in [0, 0.1) is 5.82 Å². The zero-order valence-corrected chi connectivity index (χ0v) is 10.8. The Morgan fingerprint density at radius 1 is 1.15 bits per heavy atom. The van der Waals surface area contributed by atoms with Crippen LogP contribution in [0.2, 0.25) is 0 Å². The number of nitrogens with one attached hydrogen (secondary N) is 1. The van der Waals surface area contributed by atoms with E-state index in [-0.39, 0.29) is 11.9 Å². The molecule has 20 heavy (non-hydrogen) atoms. The molecule has 3 N–H and O–H groups in total. The number of hydrogen-bond acceptors (Lipinski definition) is 3. The molecular formula is C15H15FN4. The number of fused-ring (bicyclic) bond motifs is 1. The van der Waals surface area contributed by atoms with Crippen LogP contribution < -0.4 is 11.3 Å². The first-order chi connectivity index (χ1) is 9.78. The number of imidazole rings is 1. The quantitative estimate of drug-likeness (QED) is 0.565. The van der Waals surface area contributed by atoms with Gasteiger partial charge in [-0.25, -0.2) is 9.37 Å². The Bertz CT molecular complexity index is 705. The molecule has 1 heterocycles. The largest absolute Gasteiger partial charge is 0.329 e. The molecule has 5 heteroatoms. The van der Waals surface area contributed by atoms with Gasteiger partial charge in [0.1, 0.15) is 5.82 Å². The summed E-state index contributed by atoms with van der Waals surface area (Å²) in [6.45, 7) is 0.628. The van der Waals surface area contributed by atoms with E-state index in [0.29, 0.717) is 6.54 Å². The minimum Gasteiger partial charge on any atom is -0.329 e. The maximum atomic E-state index is 13.0. The van der Waals surface area contributed by atoms with Crippen molar-refractivity contribution in [3.8, 4) is 0 Å². The van der Waals surface area contributed by atoms with E-state index < -0.39 is 0 Å². The molecule has 0 radical (unpaired) electrons. The lowest BCUT2D eigenvalue weighted by molar-refractivity contribution is 0.480. The van der Waals surface area contributed by atoms with E-state index in [1.54, 1.807) is 18.5 Å². The molecule has 0 saturated carbocycles. The highest BCUT2D eigenvalue weighted by Gasteiger charge is 2.12. The number of benzene rings is 2. The van der Waals surface area contributed by atoms with Gasteiger partial charge < -0.3 is 4.57 Å². The fraction of sp³-hybridized carbons (Fsp3) is 0.133. The minimum atomic E-state index is -0.252. The van der Waals surface area contributed by atoms with Crippen LogP contribution in [0.4, 0.5) is 4.39 Å². The van der Waals surface area contributed by atoms with E-state index >= 15 is 0 Å². The van der Waals surface area contributed by atoms with Crippen LogP contribution in [-0.2, 0) is 6.54 Å². The summed E-state index contributed by atoms with van der Waals surface area (Å²) in [5, 5.41) is 0. The Hall–Kier alpha value is -2.24. The minimum absolute atomic E-state index is 0.104. The number of para-hydroxylation sites is 2. The third-order valence-electron chi connectivity index (χ3n) is 3.38. The molecular weight excluding hydrogens is 255 g/mol. The zero-order chi connectivity index (χ0) is 13.9. The Kier molecular flexibility index (Phi) is 3.45. The zero-order valence-electron chi connectivity index (χ0n) is 10.8. The van der Waals surface area contributed by atoms with Gasteiger partial charge in [0.05, 0.1) is 23.4 Å². The van der Waals surface area contributed by atoms with Crippen molar-refractivity contribution in [2.75, 3.05) is 0 Å². The topological polar surface area (TPSA) is 55.9 Å². The molecule has 0 bridgehead atoms. The van der Waals surface area contributed by atoms with Crippen molar-refractivity contribution in [2.24, 2.45) is 5.84 Å². The number of hydrogen-bond donors (Lipinski definition) is 2. The van der Waals surface area contributed by atoms with E-state index in [9.17, 15) is 4.39 Å². The second kappa shape index (κ2) is 5.40. The van der Waals surface area contributed by atoms with Crippen molar-refractivity contribution in [3.05, 3.63) is 66.2 Å². The molecule has 3 rings (SSSR count). The lowest BCUT2D eigenvalue weighted by atomic mass is 10.1. The SMILES string of the molecule is NNC(Cn1cnc2ccccc21)c1ccc(F)cc1. The average molecular weight is 270 g/mol. The molecule has 0 fully saturated rings. The third kappa shape index (κ3) is 2.41. The van der Waals surface area contributed by atoms with E-state index in [4.69, 9.17) is 5.84 Å². The van der Waals surface area contributed by atoms with Gasteiger partial charge >= 0.3 is 0 Å². The van der Waals surface area contributed by atoms with Gasteiger partial charge in [-0.05, 0) is 29.8 Å². The summed E-state index contributed by atoms with van der Waals surface area (Å²) in [4.78, 5) is 4.35. The normalized spacial score (nSPS) is 12.7. The number of nitrogens with two attached hydrogens (primary N) is 1. The summed E-state index contributed by atoms with van der Waals surface area (Å²) in [5.74, 6) is 5.37. The molecule has 3 aromatic rings. The van der Waals surface area contributed by atoms with E-state index in [1.165, 1.54) is 12.1 Å². The number of rotatable bonds is 4. The highest BCUT2D eigenvalue weighted by Crippen LogP contribution is 2.18. The van der Waals surface area contributed by atoms with Gasteiger partial charge in [0, 0.05) is 6.54 Å². The number of aromatic nitrogens is 2. The molecule has 1 atom stereocenters. The monoisotopic (exact) mass is 270 g/mol. The van der Waals surface area contributed by atoms with E-state index in [0.717, 1.165) is 16.6 Å². The maximum absolute atomic E-state index is 13.0. The molecule has 0 saturated heterocycles. The second-order valence-electron chi connectivity index (χ2n) is 4.66. The molecule has 0 aliphatic carbocycles. The first-order valence-corrected chi connectivity index (χ1v) is 6.39. The fourth-order valence-corrected chi connectivity index (χ4v) is 2.30.